The second-order valence-electron chi connectivity index (χ2n) is 6.85. The molecule has 4 atom stereocenters. The van der Waals surface area contributed by atoms with Gasteiger partial charge >= 0.3 is 0 Å². The highest BCUT2D eigenvalue weighted by Crippen LogP contribution is 2.31. The Morgan fingerprint density at radius 2 is 1.75 bits per heavy atom. The van der Waals surface area contributed by atoms with Gasteiger partial charge in [0.2, 0.25) is 11.8 Å². The van der Waals surface area contributed by atoms with Crippen LogP contribution < -0.4 is 5.32 Å². The van der Waals surface area contributed by atoms with E-state index in [1.807, 2.05) is 18.7 Å². The van der Waals surface area contributed by atoms with Crippen LogP contribution in [0.4, 0.5) is 0 Å². The van der Waals surface area contributed by atoms with E-state index < -0.39 is 0 Å². The molecule has 4 heteroatoms. The largest absolute Gasteiger partial charge is 0.343 e. The maximum atomic E-state index is 12.7. The average Bonchev–Trinajstić information content (AvgIpc) is 2.57. The molecular formula is C16H28N2O2. The first kappa shape index (κ1) is 15.3. The first-order chi connectivity index (χ1) is 9.43. The number of amides is 2. The molecule has 114 valence electrons. The number of hydrogen-bond donors (Lipinski definition) is 1. The summed E-state index contributed by atoms with van der Waals surface area (Å²) in [6.45, 7) is 8.09. The minimum absolute atomic E-state index is 0.0172. The summed E-state index contributed by atoms with van der Waals surface area (Å²) in [6, 6.07) is -0.455. The minimum Gasteiger partial charge on any atom is -0.343 e. The third kappa shape index (κ3) is 2.84. The van der Waals surface area contributed by atoms with Crippen molar-refractivity contribution in [2.24, 2.45) is 11.8 Å². The van der Waals surface area contributed by atoms with E-state index >= 15 is 0 Å². The minimum atomic E-state index is -0.382. The molecule has 4 nitrogen and oxygen atoms in total. The molecule has 2 amide bonds. The van der Waals surface area contributed by atoms with Crippen molar-refractivity contribution in [3.05, 3.63) is 0 Å². The number of hydrogen-bond acceptors (Lipinski definition) is 2. The summed E-state index contributed by atoms with van der Waals surface area (Å²) >= 11 is 0. The number of carbonyl (C=O) groups excluding carboxylic acids is 2. The molecular weight excluding hydrogens is 252 g/mol. The van der Waals surface area contributed by atoms with Crippen LogP contribution in [0.25, 0.3) is 0 Å². The van der Waals surface area contributed by atoms with E-state index in [1.54, 1.807) is 6.92 Å². The Bertz CT molecular complexity index is 381. The van der Waals surface area contributed by atoms with Gasteiger partial charge in [0.05, 0.1) is 0 Å². The fourth-order valence-corrected chi connectivity index (χ4v) is 3.73. The van der Waals surface area contributed by atoms with Crippen molar-refractivity contribution in [3.8, 4) is 0 Å². The third-order valence-electron chi connectivity index (χ3n) is 4.86. The van der Waals surface area contributed by atoms with Crippen LogP contribution in [0.5, 0.6) is 0 Å². The summed E-state index contributed by atoms with van der Waals surface area (Å²) in [5.41, 5.74) is 0. The molecule has 0 aromatic heterocycles. The molecule has 2 aliphatic rings. The second kappa shape index (κ2) is 6.15. The van der Waals surface area contributed by atoms with Gasteiger partial charge in [-0.15, -0.1) is 0 Å². The second-order valence-corrected chi connectivity index (χ2v) is 6.85. The van der Waals surface area contributed by atoms with Crippen LogP contribution in [0.15, 0.2) is 0 Å². The van der Waals surface area contributed by atoms with Crippen molar-refractivity contribution >= 4 is 11.8 Å². The van der Waals surface area contributed by atoms with Gasteiger partial charge in [0.1, 0.15) is 12.1 Å². The van der Waals surface area contributed by atoms with Crippen LogP contribution in [-0.2, 0) is 9.59 Å². The first-order valence-corrected chi connectivity index (χ1v) is 8.06. The van der Waals surface area contributed by atoms with E-state index in [4.69, 9.17) is 0 Å². The van der Waals surface area contributed by atoms with E-state index in [0.717, 1.165) is 12.8 Å². The molecule has 0 bridgehead atoms. The van der Waals surface area contributed by atoms with Crippen molar-refractivity contribution in [1.82, 2.24) is 10.2 Å². The predicted molar refractivity (Wildman–Crippen MR) is 79.1 cm³/mol. The molecule has 1 aliphatic heterocycles. The summed E-state index contributed by atoms with van der Waals surface area (Å²) in [5, 5.41) is 2.83. The normalized spacial score (nSPS) is 36.0. The molecule has 1 N–H and O–H groups in total. The van der Waals surface area contributed by atoms with Gasteiger partial charge in [0, 0.05) is 6.04 Å². The molecule has 0 radical (unpaired) electrons. The lowest BCUT2D eigenvalue weighted by Crippen LogP contribution is -2.67. The molecule has 0 spiro atoms. The predicted octanol–water partition coefficient (Wildman–Crippen LogP) is 2.33. The third-order valence-corrected chi connectivity index (χ3v) is 4.86. The Balaban J connectivity index is 2.31. The van der Waals surface area contributed by atoms with E-state index in [-0.39, 0.29) is 35.9 Å². The van der Waals surface area contributed by atoms with Crippen LogP contribution >= 0.6 is 0 Å². The smallest absolute Gasteiger partial charge is 0.245 e. The molecule has 1 saturated heterocycles. The molecule has 2 fully saturated rings. The molecule has 1 heterocycles. The average molecular weight is 280 g/mol. The topological polar surface area (TPSA) is 49.4 Å². The Kier molecular flexibility index (Phi) is 4.71. The Labute approximate surface area is 122 Å². The van der Waals surface area contributed by atoms with Crippen molar-refractivity contribution in [1.29, 1.82) is 0 Å². The standard InChI is InChI=1S/C16H28N2O2/c1-10(2)14-15(19)17-12(4)16(20)18(14)13-9-7-5-6-8-11(13)3/h10-14H,5-9H2,1-4H3,(H,17,19). The van der Waals surface area contributed by atoms with E-state index in [2.05, 4.69) is 12.2 Å². The van der Waals surface area contributed by atoms with E-state index in [9.17, 15) is 9.59 Å². The van der Waals surface area contributed by atoms with Gasteiger partial charge < -0.3 is 10.2 Å². The van der Waals surface area contributed by atoms with Gasteiger partial charge in [0.25, 0.3) is 0 Å². The number of nitrogens with one attached hydrogen (secondary N) is 1. The monoisotopic (exact) mass is 280 g/mol. The van der Waals surface area contributed by atoms with Gasteiger partial charge in [-0.1, -0.05) is 40.0 Å². The van der Waals surface area contributed by atoms with Crippen molar-refractivity contribution in [3.63, 3.8) is 0 Å². The summed E-state index contributed by atoms with van der Waals surface area (Å²) in [6.07, 6.45) is 5.86. The van der Waals surface area contributed by atoms with Gasteiger partial charge in [-0.3, -0.25) is 9.59 Å². The molecule has 20 heavy (non-hydrogen) atoms. The van der Waals surface area contributed by atoms with E-state index in [0.29, 0.717) is 5.92 Å². The van der Waals surface area contributed by atoms with Crippen LogP contribution in [0.1, 0.15) is 59.8 Å². The fourth-order valence-electron chi connectivity index (χ4n) is 3.73. The van der Waals surface area contributed by atoms with Gasteiger partial charge in [-0.25, -0.2) is 0 Å². The Morgan fingerprint density at radius 3 is 2.40 bits per heavy atom. The highest BCUT2D eigenvalue weighted by atomic mass is 16.2. The number of piperazine rings is 1. The zero-order chi connectivity index (χ0) is 14.9. The van der Waals surface area contributed by atoms with Crippen molar-refractivity contribution in [2.75, 3.05) is 0 Å². The van der Waals surface area contributed by atoms with Crippen molar-refractivity contribution < 1.29 is 9.59 Å². The maximum Gasteiger partial charge on any atom is 0.245 e. The quantitative estimate of drug-likeness (QED) is 0.789. The van der Waals surface area contributed by atoms with Crippen molar-refractivity contribution in [2.45, 2.75) is 77.9 Å². The van der Waals surface area contributed by atoms with Crippen LogP contribution in [0.3, 0.4) is 0 Å². The van der Waals surface area contributed by atoms with Crippen LogP contribution in [0.2, 0.25) is 0 Å². The zero-order valence-corrected chi connectivity index (χ0v) is 13.2. The lowest BCUT2D eigenvalue weighted by molar-refractivity contribution is -0.155. The van der Waals surface area contributed by atoms with Crippen LogP contribution in [-0.4, -0.2) is 34.8 Å². The highest BCUT2D eigenvalue weighted by molar-refractivity contribution is 5.97. The first-order valence-electron chi connectivity index (χ1n) is 8.06. The number of rotatable bonds is 2. The number of nitrogens with zero attached hydrogens (tertiary/aromatic N) is 1. The summed E-state index contributed by atoms with van der Waals surface area (Å²) < 4.78 is 0. The highest BCUT2D eigenvalue weighted by Gasteiger charge is 2.44. The van der Waals surface area contributed by atoms with Crippen LogP contribution in [0, 0.1) is 11.8 Å². The number of carbonyl (C=O) groups is 2. The summed E-state index contributed by atoms with van der Waals surface area (Å²) in [7, 11) is 0. The molecule has 0 aromatic rings. The van der Waals surface area contributed by atoms with Gasteiger partial charge in [0.15, 0.2) is 0 Å². The Hall–Kier alpha value is -1.06. The lowest BCUT2D eigenvalue weighted by Gasteiger charge is -2.46. The molecule has 2 rings (SSSR count). The molecule has 1 aliphatic carbocycles. The van der Waals surface area contributed by atoms with Gasteiger partial charge in [-0.2, -0.15) is 0 Å². The van der Waals surface area contributed by atoms with E-state index in [1.165, 1.54) is 19.3 Å². The maximum absolute atomic E-state index is 12.7. The van der Waals surface area contributed by atoms with Gasteiger partial charge in [-0.05, 0) is 31.6 Å². The zero-order valence-electron chi connectivity index (χ0n) is 13.2. The Morgan fingerprint density at radius 1 is 1.10 bits per heavy atom. The molecule has 0 aromatic carbocycles. The molecule has 1 saturated carbocycles. The summed E-state index contributed by atoms with van der Waals surface area (Å²) in [4.78, 5) is 26.9. The lowest BCUT2D eigenvalue weighted by atomic mass is 9.89. The fraction of sp³-hybridized carbons (Fsp3) is 0.875. The summed E-state index contributed by atoms with van der Waals surface area (Å²) in [5.74, 6) is 0.758. The molecule has 4 unspecified atom stereocenters. The SMILES string of the molecule is CC1NC(=O)C(C(C)C)N(C2CCCCCC2C)C1=O.